The lowest BCUT2D eigenvalue weighted by atomic mass is 10.0. The number of amides is 1. The van der Waals surface area contributed by atoms with Crippen LogP contribution in [0.1, 0.15) is 33.6 Å². The molecule has 0 aromatic carbocycles. The van der Waals surface area contributed by atoms with Gasteiger partial charge in [-0.1, -0.05) is 0 Å². The highest BCUT2D eigenvalue weighted by Crippen LogP contribution is 2.41. The summed E-state index contributed by atoms with van der Waals surface area (Å²) >= 11 is 0. The summed E-state index contributed by atoms with van der Waals surface area (Å²) in [6, 6.07) is 0. The largest absolute Gasteiger partial charge is 0.444 e. The van der Waals surface area contributed by atoms with Crippen molar-refractivity contribution in [3.8, 4) is 0 Å². The van der Waals surface area contributed by atoms with Crippen LogP contribution in [0.15, 0.2) is 0 Å². The van der Waals surface area contributed by atoms with Gasteiger partial charge in [-0.2, -0.15) is 0 Å². The highest BCUT2D eigenvalue weighted by atomic mass is 16.6. The highest BCUT2D eigenvalue weighted by molar-refractivity contribution is 5.68. The van der Waals surface area contributed by atoms with Gasteiger partial charge in [-0.05, 0) is 51.4 Å². The zero-order chi connectivity index (χ0) is 12.6. The summed E-state index contributed by atoms with van der Waals surface area (Å²) < 4.78 is 5.38. The van der Waals surface area contributed by atoms with Crippen molar-refractivity contribution in [1.82, 2.24) is 4.90 Å². The van der Waals surface area contributed by atoms with Crippen molar-refractivity contribution < 1.29 is 14.6 Å². The van der Waals surface area contributed by atoms with E-state index in [1.54, 1.807) is 0 Å². The lowest BCUT2D eigenvalue weighted by Gasteiger charge is -2.25. The number of ether oxygens (including phenoxy) is 1. The number of fused-ring (bicyclic) bond motifs is 1. The minimum absolute atomic E-state index is 0.188. The van der Waals surface area contributed by atoms with Crippen LogP contribution >= 0.6 is 0 Å². The Labute approximate surface area is 103 Å². The Balaban J connectivity index is 1.86. The second-order valence-corrected chi connectivity index (χ2v) is 6.43. The van der Waals surface area contributed by atoms with Gasteiger partial charge in [0.15, 0.2) is 0 Å². The maximum absolute atomic E-state index is 11.9. The summed E-state index contributed by atoms with van der Waals surface area (Å²) in [5.41, 5.74) is -0.414. The number of hydrogen-bond acceptors (Lipinski definition) is 3. The zero-order valence-corrected chi connectivity index (χ0v) is 11.0. The molecule has 0 spiro atoms. The molecule has 0 aromatic rings. The molecule has 1 aliphatic carbocycles. The van der Waals surface area contributed by atoms with Crippen molar-refractivity contribution in [2.75, 3.05) is 19.7 Å². The normalized spacial score (nSPS) is 29.5. The van der Waals surface area contributed by atoms with Crippen LogP contribution in [0.25, 0.3) is 0 Å². The minimum Gasteiger partial charge on any atom is -0.444 e. The molecule has 17 heavy (non-hydrogen) atoms. The molecule has 2 rings (SSSR count). The van der Waals surface area contributed by atoms with E-state index in [2.05, 4.69) is 0 Å². The minimum atomic E-state index is -0.414. The van der Waals surface area contributed by atoms with Crippen molar-refractivity contribution in [3.05, 3.63) is 0 Å². The average Bonchev–Trinajstić information content (AvgIpc) is 2.70. The molecule has 4 nitrogen and oxygen atoms in total. The molecule has 0 radical (unpaired) electrons. The molecule has 2 atom stereocenters. The number of rotatable bonds is 1. The second kappa shape index (κ2) is 4.48. The molecule has 2 aliphatic rings. The fourth-order valence-corrected chi connectivity index (χ4v) is 3.05. The Morgan fingerprint density at radius 2 is 1.82 bits per heavy atom. The van der Waals surface area contributed by atoms with Gasteiger partial charge < -0.3 is 14.7 Å². The van der Waals surface area contributed by atoms with E-state index in [1.165, 1.54) is 0 Å². The summed E-state index contributed by atoms with van der Waals surface area (Å²) in [5, 5.41) is 9.14. The van der Waals surface area contributed by atoms with Gasteiger partial charge in [-0.15, -0.1) is 0 Å². The van der Waals surface area contributed by atoms with E-state index >= 15 is 0 Å². The first-order valence-corrected chi connectivity index (χ1v) is 6.48. The third kappa shape index (κ3) is 2.92. The molecule has 1 heterocycles. The van der Waals surface area contributed by atoms with Crippen LogP contribution < -0.4 is 0 Å². The van der Waals surface area contributed by atoms with Gasteiger partial charge in [0, 0.05) is 19.7 Å². The van der Waals surface area contributed by atoms with Crippen LogP contribution in [-0.4, -0.2) is 41.4 Å². The van der Waals surface area contributed by atoms with Gasteiger partial charge >= 0.3 is 6.09 Å². The summed E-state index contributed by atoms with van der Waals surface area (Å²) in [5.74, 6) is 1.59. The van der Waals surface area contributed by atoms with Crippen LogP contribution in [0.4, 0.5) is 4.79 Å². The van der Waals surface area contributed by atoms with Crippen LogP contribution in [0.5, 0.6) is 0 Å². The van der Waals surface area contributed by atoms with Gasteiger partial charge in [-0.25, -0.2) is 4.79 Å². The third-order valence-corrected chi connectivity index (χ3v) is 3.76. The number of carbonyl (C=O) groups excluding carboxylic acids is 1. The molecule has 0 unspecified atom stereocenters. The van der Waals surface area contributed by atoms with E-state index in [0.29, 0.717) is 24.4 Å². The van der Waals surface area contributed by atoms with Gasteiger partial charge in [-0.3, -0.25) is 0 Å². The summed E-state index contributed by atoms with van der Waals surface area (Å²) in [4.78, 5) is 13.7. The third-order valence-electron chi connectivity index (χ3n) is 3.76. The van der Waals surface area contributed by atoms with Crippen LogP contribution in [0, 0.1) is 17.8 Å². The maximum atomic E-state index is 11.9. The molecule has 0 bridgehead atoms. The van der Waals surface area contributed by atoms with E-state index in [9.17, 15) is 4.79 Å². The molecule has 1 amide bonds. The molecular formula is C13H23NO3. The van der Waals surface area contributed by atoms with Crippen molar-refractivity contribution >= 4 is 6.09 Å². The fourth-order valence-electron chi connectivity index (χ4n) is 3.05. The SMILES string of the molecule is CC(C)(C)OC(=O)N1C[C@H]2CC(CO)C[C@@H]2C1. The van der Waals surface area contributed by atoms with E-state index in [1.807, 2.05) is 25.7 Å². The predicted octanol–water partition coefficient (Wildman–Crippen LogP) is 1.87. The molecule has 0 aromatic heterocycles. The topological polar surface area (TPSA) is 49.8 Å². The van der Waals surface area contributed by atoms with Gasteiger partial charge in [0.1, 0.15) is 5.60 Å². The smallest absolute Gasteiger partial charge is 0.410 e. The van der Waals surface area contributed by atoms with Crippen LogP contribution in [0.3, 0.4) is 0 Å². The molecule has 1 saturated heterocycles. The summed E-state index contributed by atoms with van der Waals surface area (Å²) in [7, 11) is 0. The van der Waals surface area contributed by atoms with Crippen molar-refractivity contribution in [3.63, 3.8) is 0 Å². The Morgan fingerprint density at radius 1 is 1.29 bits per heavy atom. The number of aliphatic hydroxyl groups excluding tert-OH is 1. The summed E-state index contributed by atoms with van der Waals surface area (Å²) in [6.45, 7) is 7.57. The van der Waals surface area contributed by atoms with E-state index in [-0.39, 0.29) is 6.09 Å². The van der Waals surface area contributed by atoms with E-state index in [0.717, 1.165) is 25.9 Å². The lowest BCUT2D eigenvalue weighted by Crippen LogP contribution is -2.36. The first-order chi connectivity index (χ1) is 7.89. The Kier molecular flexibility index (Phi) is 3.34. The standard InChI is InChI=1S/C13H23NO3/c1-13(2,3)17-12(16)14-6-10-4-9(8-15)5-11(10)7-14/h9-11,15H,4-8H2,1-3H3/t10-,11-/m1/s1. The van der Waals surface area contributed by atoms with Crippen molar-refractivity contribution in [1.29, 1.82) is 0 Å². The Hall–Kier alpha value is -0.770. The first-order valence-electron chi connectivity index (χ1n) is 6.48. The molecule has 98 valence electrons. The van der Waals surface area contributed by atoms with Crippen molar-refractivity contribution in [2.45, 2.75) is 39.2 Å². The molecule has 1 aliphatic heterocycles. The van der Waals surface area contributed by atoms with E-state index < -0.39 is 5.60 Å². The maximum Gasteiger partial charge on any atom is 0.410 e. The number of carbonyl (C=O) groups is 1. The van der Waals surface area contributed by atoms with Gasteiger partial charge in [0.05, 0.1) is 0 Å². The fraction of sp³-hybridized carbons (Fsp3) is 0.923. The number of nitrogens with zero attached hydrogens (tertiary/aromatic N) is 1. The van der Waals surface area contributed by atoms with E-state index in [4.69, 9.17) is 9.84 Å². The molecule has 1 saturated carbocycles. The van der Waals surface area contributed by atoms with Gasteiger partial charge in [0.2, 0.25) is 0 Å². The first kappa shape index (κ1) is 12.7. The van der Waals surface area contributed by atoms with Crippen LogP contribution in [-0.2, 0) is 4.74 Å². The zero-order valence-electron chi connectivity index (χ0n) is 11.0. The molecule has 4 heteroatoms. The number of likely N-dealkylation sites (tertiary alicyclic amines) is 1. The monoisotopic (exact) mass is 241 g/mol. The molecule has 2 fully saturated rings. The lowest BCUT2D eigenvalue weighted by molar-refractivity contribution is 0.0276. The number of aliphatic hydroxyl groups is 1. The van der Waals surface area contributed by atoms with Crippen LogP contribution in [0.2, 0.25) is 0 Å². The second-order valence-electron chi connectivity index (χ2n) is 6.43. The van der Waals surface area contributed by atoms with Crippen molar-refractivity contribution in [2.24, 2.45) is 17.8 Å². The predicted molar refractivity (Wildman–Crippen MR) is 64.6 cm³/mol. The van der Waals surface area contributed by atoms with Gasteiger partial charge in [0.25, 0.3) is 0 Å². The molecular weight excluding hydrogens is 218 g/mol. The Bertz CT molecular complexity index is 284. The average molecular weight is 241 g/mol. The number of hydrogen-bond donors (Lipinski definition) is 1. The quantitative estimate of drug-likeness (QED) is 0.762. The molecule has 1 N–H and O–H groups in total. The Morgan fingerprint density at radius 3 is 2.24 bits per heavy atom. The highest BCUT2D eigenvalue weighted by Gasteiger charge is 2.42. The summed E-state index contributed by atoms with van der Waals surface area (Å²) in [6.07, 6.45) is 1.92.